The largest absolute Gasteiger partial charge is 0.323 e. The molecule has 150 valence electrons. The molecular formula is C21H23F3N2O2. The van der Waals surface area contributed by atoms with Gasteiger partial charge in [0.2, 0.25) is 11.8 Å². The number of benzene rings is 2. The zero-order valence-corrected chi connectivity index (χ0v) is 16.1. The van der Waals surface area contributed by atoms with Crippen LogP contribution in [0.15, 0.2) is 30.3 Å². The van der Waals surface area contributed by atoms with Crippen molar-refractivity contribution in [2.75, 3.05) is 16.8 Å². The van der Waals surface area contributed by atoms with Crippen LogP contribution in [0.4, 0.5) is 24.5 Å². The number of anilines is 2. The van der Waals surface area contributed by atoms with Crippen molar-refractivity contribution in [3.05, 3.63) is 58.9 Å². The van der Waals surface area contributed by atoms with Crippen LogP contribution in [0, 0.1) is 17.5 Å². The van der Waals surface area contributed by atoms with Crippen LogP contribution in [-0.2, 0) is 22.4 Å². The third-order valence-corrected chi connectivity index (χ3v) is 4.49. The zero-order valence-electron chi connectivity index (χ0n) is 16.1. The Balaban J connectivity index is 2.18. The SMILES string of the molecule is CCc1cccc(CC)c1N(CCC(=O)Nc1ccc(F)c(F)c1F)C(C)=O. The Morgan fingerprint density at radius 2 is 1.57 bits per heavy atom. The third kappa shape index (κ3) is 4.71. The number of hydrogen-bond donors (Lipinski definition) is 1. The van der Waals surface area contributed by atoms with Crippen molar-refractivity contribution in [3.63, 3.8) is 0 Å². The smallest absolute Gasteiger partial charge is 0.226 e. The van der Waals surface area contributed by atoms with Crippen LogP contribution in [0.1, 0.15) is 38.3 Å². The second-order valence-electron chi connectivity index (χ2n) is 6.32. The molecule has 2 aromatic rings. The van der Waals surface area contributed by atoms with Crippen molar-refractivity contribution in [1.29, 1.82) is 0 Å². The summed E-state index contributed by atoms with van der Waals surface area (Å²) in [6.07, 6.45) is 1.32. The topological polar surface area (TPSA) is 49.4 Å². The van der Waals surface area contributed by atoms with Crippen LogP contribution < -0.4 is 10.2 Å². The van der Waals surface area contributed by atoms with E-state index in [9.17, 15) is 22.8 Å². The first kappa shape index (κ1) is 21.5. The number of nitrogens with one attached hydrogen (secondary N) is 1. The lowest BCUT2D eigenvalue weighted by Gasteiger charge is -2.26. The first-order valence-corrected chi connectivity index (χ1v) is 9.12. The van der Waals surface area contributed by atoms with Gasteiger partial charge in [-0.3, -0.25) is 9.59 Å². The minimum Gasteiger partial charge on any atom is -0.323 e. The van der Waals surface area contributed by atoms with Gasteiger partial charge in [0.1, 0.15) is 0 Å². The molecule has 0 saturated carbocycles. The summed E-state index contributed by atoms with van der Waals surface area (Å²) in [6.45, 7) is 5.46. The van der Waals surface area contributed by atoms with Gasteiger partial charge in [0.15, 0.2) is 17.5 Å². The van der Waals surface area contributed by atoms with Gasteiger partial charge in [-0.25, -0.2) is 13.2 Å². The second-order valence-corrected chi connectivity index (χ2v) is 6.32. The lowest BCUT2D eigenvalue weighted by atomic mass is 10.0. The number of carbonyl (C=O) groups excluding carboxylic acids is 2. The standard InChI is InChI=1S/C21H23F3N2O2/c1-4-14-7-6-8-15(5-2)21(14)26(13(3)27)12-11-18(28)25-17-10-9-16(22)19(23)20(17)24/h6-10H,4-5,11-12H2,1-3H3,(H,25,28). The Kier molecular flexibility index (Phi) is 7.20. The molecule has 0 spiro atoms. The molecule has 0 heterocycles. The van der Waals surface area contributed by atoms with Gasteiger partial charge in [-0.05, 0) is 36.1 Å². The highest BCUT2D eigenvalue weighted by molar-refractivity contribution is 5.96. The van der Waals surface area contributed by atoms with Crippen molar-refractivity contribution in [3.8, 4) is 0 Å². The molecule has 0 atom stereocenters. The number of aryl methyl sites for hydroxylation is 2. The van der Waals surface area contributed by atoms with Crippen molar-refractivity contribution in [2.45, 2.75) is 40.0 Å². The van der Waals surface area contributed by atoms with E-state index in [0.29, 0.717) is 0 Å². The van der Waals surface area contributed by atoms with Crippen LogP contribution in [-0.4, -0.2) is 18.4 Å². The first-order valence-electron chi connectivity index (χ1n) is 9.12. The van der Waals surface area contributed by atoms with Crippen molar-refractivity contribution < 1.29 is 22.8 Å². The maximum atomic E-state index is 13.7. The fourth-order valence-electron chi connectivity index (χ4n) is 3.04. The molecule has 0 aliphatic rings. The molecule has 4 nitrogen and oxygen atoms in total. The normalized spacial score (nSPS) is 10.6. The van der Waals surface area contributed by atoms with E-state index in [1.165, 1.54) is 11.8 Å². The molecule has 0 aliphatic carbocycles. The van der Waals surface area contributed by atoms with Gasteiger partial charge in [0.05, 0.1) is 5.69 Å². The van der Waals surface area contributed by atoms with Gasteiger partial charge in [-0.15, -0.1) is 0 Å². The van der Waals surface area contributed by atoms with Crippen molar-refractivity contribution >= 4 is 23.2 Å². The molecule has 2 aromatic carbocycles. The number of hydrogen-bond acceptors (Lipinski definition) is 2. The van der Waals surface area contributed by atoms with Crippen LogP contribution in [0.25, 0.3) is 0 Å². The van der Waals surface area contributed by atoms with Crippen LogP contribution in [0.3, 0.4) is 0 Å². The predicted octanol–water partition coefficient (Wildman–Crippen LogP) is 4.61. The lowest BCUT2D eigenvalue weighted by molar-refractivity contribution is -0.117. The number of para-hydroxylation sites is 1. The molecule has 0 radical (unpaired) electrons. The minimum atomic E-state index is -1.65. The summed E-state index contributed by atoms with van der Waals surface area (Å²) in [4.78, 5) is 26.0. The molecule has 0 fully saturated rings. The molecule has 7 heteroatoms. The quantitative estimate of drug-likeness (QED) is 0.700. The maximum absolute atomic E-state index is 13.7. The Morgan fingerprint density at radius 1 is 0.964 bits per heavy atom. The molecule has 0 unspecified atom stereocenters. The summed E-state index contributed by atoms with van der Waals surface area (Å²) in [6, 6.07) is 7.48. The number of halogens is 3. The fraction of sp³-hybridized carbons (Fsp3) is 0.333. The highest BCUT2D eigenvalue weighted by atomic mass is 19.2. The number of carbonyl (C=O) groups is 2. The first-order chi connectivity index (χ1) is 13.3. The van der Waals surface area contributed by atoms with Gasteiger partial charge in [-0.2, -0.15) is 0 Å². The van der Waals surface area contributed by atoms with Gasteiger partial charge >= 0.3 is 0 Å². The number of amides is 2. The van der Waals surface area contributed by atoms with Gasteiger partial charge in [0.25, 0.3) is 0 Å². The van der Waals surface area contributed by atoms with E-state index in [1.54, 1.807) is 0 Å². The average Bonchev–Trinajstić information content (AvgIpc) is 2.68. The van der Waals surface area contributed by atoms with Crippen LogP contribution in [0.5, 0.6) is 0 Å². The lowest BCUT2D eigenvalue weighted by Crippen LogP contribution is -2.33. The third-order valence-electron chi connectivity index (χ3n) is 4.49. The molecule has 0 bridgehead atoms. The summed E-state index contributed by atoms with van der Waals surface area (Å²) in [7, 11) is 0. The number of rotatable bonds is 7. The molecular weight excluding hydrogens is 369 g/mol. The average molecular weight is 392 g/mol. The molecule has 0 saturated heterocycles. The molecule has 2 amide bonds. The minimum absolute atomic E-state index is 0.0798. The Hall–Kier alpha value is -2.83. The summed E-state index contributed by atoms with van der Waals surface area (Å²) in [5, 5.41) is 2.22. The van der Waals surface area contributed by atoms with E-state index in [4.69, 9.17) is 0 Å². The highest BCUT2D eigenvalue weighted by Crippen LogP contribution is 2.27. The zero-order chi connectivity index (χ0) is 20.8. The Morgan fingerprint density at radius 3 is 2.11 bits per heavy atom. The highest BCUT2D eigenvalue weighted by Gasteiger charge is 2.20. The van der Waals surface area contributed by atoms with Gasteiger partial charge in [-0.1, -0.05) is 32.0 Å². The Labute approximate surface area is 162 Å². The molecule has 1 N–H and O–H groups in total. The maximum Gasteiger partial charge on any atom is 0.226 e. The predicted molar refractivity (Wildman–Crippen MR) is 103 cm³/mol. The molecule has 2 rings (SSSR count). The van der Waals surface area contributed by atoms with Gasteiger partial charge in [0, 0.05) is 25.6 Å². The molecule has 0 aromatic heterocycles. The van der Waals surface area contributed by atoms with Crippen molar-refractivity contribution in [1.82, 2.24) is 0 Å². The Bertz CT molecular complexity index is 862. The monoisotopic (exact) mass is 392 g/mol. The summed E-state index contributed by atoms with van der Waals surface area (Å²) < 4.78 is 40.0. The van der Waals surface area contributed by atoms with Crippen molar-refractivity contribution in [2.24, 2.45) is 0 Å². The van der Waals surface area contributed by atoms with Gasteiger partial charge < -0.3 is 10.2 Å². The summed E-state index contributed by atoms with van der Waals surface area (Å²) >= 11 is 0. The summed E-state index contributed by atoms with van der Waals surface area (Å²) in [5.41, 5.74) is 2.32. The van der Waals surface area contributed by atoms with Crippen LogP contribution in [0.2, 0.25) is 0 Å². The molecule has 28 heavy (non-hydrogen) atoms. The molecule has 0 aliphatic heterocycles. The van der Waals surface area contributed by atoms with E-state index in [2.05, 4.69) is 5.32 Å². The van der Waals surface area contributed by atoms with E-state index < -0.39 is 29.0 Å². The fourth-order valence-corrected chi connectivity index (χ4v) is 3.04. The second kappa shape index (κ2) is 9.39. The number of nitrogens with zero attached hydrogens (tertiary/aromatic N) is 1. The van der Waals surface area contributed by atoms with E-state index >= 15 is 0 Å². The summed E-state index contributed by atoms with van der Waals surface area (Å²) in [5.74, 6) is -5.26. The van der Waals surface area contributed by atoms with E-state index in [1.807, 2.05) is 32.0 Å². The van der Waals surface area contributed by atoms with E-state index in [-0.39, 0.29) is 18.9 Å². The van der Waals surface area contributed by atoms with Crippen LogP contribution >= 0.6 is 0 Å². The van der Waals surface area contributed by atoms with E-state index in [0.717, 1.165) is 41.8 Å².